The van der Waals surface area contributed by atoms with Crippen LogP contribution in [-0.4, -0.2) is 49.6 Å². The molecule has 0 unspecified atom stereocenters. The first kappa shape index (κ1) is 18.3. The van der Waals surface area contributed by atoms with E-state index in [0.717, 1.165) is 4.90 Å². The first-order valence-corrected chi connectivity index (χ1v) is 10.0. The number of halogens is 1. The summed E-state index contributed by atoms with van der Waals surface area (Å²) in [5.74, 6) is 0.133. The van der Waals surface area contributed by atoms with E-state index in [1.54, 1.807) is 17.9 Å². The standard InChI is InChI=1S/C14H20ClNO3S2/c1-4-16(11(2)10-21(3,18)19)14(17)9-20-13-8-6-5-7-12(13)15/h5-8,11H,4,9-10H2,1-3H3/t11-/m1/s1. The molecule has 0 radical (unpaired) electrons. The zero-order chi connectivity index (χ0) is 16.0. The van der Waals surface area contributed by atoms with E-state index in [2.05, 4.69) is 0 Å². The van der Waals surface area contributed by atoms with Gasteiger partial charge in [-0.1, -0.05) is 23.7 Å². The van der Waals surface area contributed by atoms with Crippen LogP contribution in [0.5, 0.6) is 0 Å². The predicted octanol–water partition coefficient (Wildman–Crippen LogP) is 2.71. The van der Waals surface area contributed by atoms with Crippen molar-refractivity contribution in [2.45, 2.75) is 24.8 Å². The van der Waals surface area contributed by atoms with E-state index in [-0.39, 0.29) is 23.5 Å². The van der Waals surface area contributed by atoms with Gasteiger partial charge in [0.2, 0.25) is 5.91 Å². The second-order valence-corrected chi connectivity index (χ2v) is 8.45. The lowest BCUT2D eigenvalue weighted by Crippen LogP contribution is -2.43. The molecule has 1 rings (SSSR count). The molecule has 4 nitrogen and oxygen atoms in total. The number of hydrogen-bond donors (Lipinski definition) is 0. The number of carbonyl (C=O) groups is 1. The van der Waals surface area contributed by atoms with E-state index in [4.69, 9.17) is 11.6 Å². The van der Waals surface area contributed by atoms with Crippen molar-refractivity contribution in [3.05, 3.63) is 29.3 Å². The van der Waals surface area contributed by atoms with Gasteiger partial charge in [0, 0.05) is 23.7 Å². The molecule has 0 spiro atoms. The van der Waals surface area contributed by atoms with Gasteiger partial charge in [0.15, 0.2) is 0 Å². The van der Waals surface area contributed by atoms with Crippen molar-refractivity contribution in [1.82, 2.24) is 4.90 Å². The topological polar surface area (TPSA) is 54.5 Å². The monoisotopic (exact) mass is 349 g/mol. The molecule has 0 aliphatic heterocycles. The van der Waals surface area contributed by atoms with Gasteiger partial charge in [0.1, 0.15) is 9.84 Å². The third kappa shape index (κ3) is 6.28. The fourth-order valence-corrected chi connectivity index (χ4v) is 4.23. The lowest BCUT2D eigenvalue weighted by atomic mass is 10.3. The molecule has 7 heteroatoms. The Kier molecular flexibility index (Phi) is 7.03. The second kappa shape index (κ2) is 8.06. The van der Waals surface area contributed by atoms with Crippen molar-refractivity contribution >= 4 is 39.1 Å². The van der Waals surface area contributed by atoms with Crippen LogP contribution in [0, 0.1) is 0 Å². The molecule has 0 aromatic heterocycles. The van der Waals surface area contributed by atoms with E-state index in [1.807, 2.05) is 25.1 Å². The van der Waals surface area contributed by atoms with Crippen molar-refractivity contribution in [1.29, 1.82) is 0 Å². The summed E-state index contributed by atoms with van der Waals surface area (Å²) in [6.45, 7) is 4.08. The first-order chi connectivity index (χ1) is 9.74. The summed E-state index contributed by atoms with van der Waals surface area (Å²) in [5.41, 5.74) is 0. The summed E-state index contributed by atoms with van der Waals surface area (Å²) in [6, 6.07) is 7.00. The van der Waals surface area contributed by atoms with Crippen molar-refractivity contribution in [3.63, 3.8) is 0 Å². The van der Waals surface area contributed by atoms with E-state index < -0.39 is 9.84 Å². The summed E-state index contributed by atoms with van der Waals surface area (Å²) in [5, 5.41) is 0.613. The highest BCUT2D eigenvalue weighted by Crippen LogP contribution is 2.26. The van der Waals surface area contributed by atoms with Gasteiger partial charge in [-0.15, -0.1) is 11.8 Å². The SMILES string of the molecule is CCN(C(=O)CSc1ccccc1Cl)[C@H](C)CS(C)(=O)=O. The minimum Gasteiger partial charge on any atom is -0.339 e. The molecule has 0 aliphatic carbocycles. The summed E-state index contributed by atoms with van der Waals surface area (Å²) >= 11 is 7.41. The number of rotatable bonds is 7. The maximum absolute atomic E-state index is 12.3. The first-order valence-electron chi connectivity index (χ1n) is 6.59. The Morgan fingerprint density at radius 1 is 1.38 bits per heavy atom. The molecular formula is C14H20ClNO3S2. The molecule has 1 atom stereocenters. The fourth-order valence-electron chi connectivity index (χ4n) is 2.05. The highest BCUT2D eigenvalue weighted by atomic mass is 35.5. The van der Waals surface area contributed by atoms with E-state index in [0.29, 0.717) is 11.6 Å². The van der Waals surface area contributed by atoms with E-state index in [1.165, 1.54) is 18.0 Å². The van der Waals surface area contributed by atoms with Crippen LogP contribution >= 0.6 is 23.4 Å². The zero-order valence-corrected chi connectivity index (χ0v) is 14.8. The normalized spacial score (nSPS) is 13.0. The minimum atomic E-state index is -3.11. The lowest BCUT2D eigenvalue weighted by molar-refractivity contribution is -0.129. The number of sulfone groups is 1. The Morgan fingerprint density at radius 2 is 2.00 bits per heavy atom. The van der Waals surface area contributed by atoms with E-state index in [9.17, 15) is 13.2 Å². The average Bonchev–Trinajstić information content (AvgIpc) is 2.36. The number of hydrogen-bond acceptors (Lipinski definition) is 4. The van der Waals surface area contributed by atoms with Crippen LogP contribution in [0.2, 0.25) is 5.02 Å². The molecule has 0 fully saturated rings. The van der Waals surface area contributed by atoms with Crippen LogP contribution in [0.3, 0.4) is 0 Å². The van der Waals surface area contributed by atoms with Gasteiger partial charge >= 0.3 is 0 Å². The fraction of sp³-hybridized carbons (Fsp3) is 0.500. The minimum absolute atomic E-state index is 0.0245. The van der Waals surface area contributed by atoms with Crippen molar-refractivity contribution < 1.29 is 13.2 Å². The molecule has 118 valence electrons. The predicted molar refractivity (Wildman–Crippen MR) is 88.7 cm³/mol. The Hall–Kier alpha value is -0.720. The lowest BCUT2D eigenvalue weighted by Gasteiger charge is -2.27. The van der Waals surface area contributed by atoms with Gasteiger partial charge in [-0.2, -0.15) is 0 Å². The van der Waals surface area contributed by atoms with Crippen LogP contribution in [0.15, 0.2) is 29.2 Å². The van der Waals surface area contributed by atoms with Crippen molar-refractivity contribution in [3.8, 4) is 0 Å². The second-order valence-electron chi connectivity index (χ2n) is 4.84. The smallest absolute Gasteiger partial charge is 0.233 e. The van der Waals surface area contributed by atoms with Crippen LogP contribution < -0.4 is 0 Å². The number of thioether (sulfide) groups is 1. The van der Waals surface area contributed by atoms with Gasteiger partial charge in [0.25, 0.3) is 0 Å². The molecule has 0 saturated heterocycles. The van der Waals surface area contributed by atoms with Crippen LogP contribution in [-0.2, 0) is 14.6 Å². The van der Waals surface area contributed by atoms with Crippen LogP contribution in [0.4, 0.5) is 0 Å². The highest BCUT2D eigenvalue weighted by Gasteiger charge is 2.22. The molecule has 1 aromatic rings. The zero-order valence-electron chi connectivity index (χ0n) is 12.4. The number of nitrogens with zero attached hydrogens (tertiary/aromatic N) is 1. The van der Waals surface area contributed by atoms with Gasteiger partial charge in [-0.3, -0.25) is 4.79 Å². The Morgan fingerprint density at radius 3 is 2.52 bits per heavy atom. The molecule has 21 heavy (non-hydrogen) atoms. The molecule has 0 heterocycles. The largest absolute Gasteiger partial charge is 0.339 e. The summed E-state index contributed by atoms with van der Waals surface area (Å²) in [7, 11) is -3.11. The average molecular weight is 350 g/mol. The molecule has 1 aromatic carbocycles. The third-order valence-electron chi connectivity index (χ3n) is 2.92. The summed E-state index contributed by atoms with van der Waals surface area (Å²) < 4.78 is 22.7. The summed E-state index contributed by atoms with van der Waals surface area (Å²) in [4.78, 5) is 14.7. The maximum Gasteiger partial charge on any atom is 0.233 e. The number of amides is 1. The summed E-state index contributed by atoms with van der Waals surface area (Å²) in [6.07, 6.45) is 1.18. The van der Waals surface area contributed by atoms with Gasteiger partial charge in [-0.05, 0) is 26.0 Å². The number of carbonyl (C=O) groups excluding carboxylic acids is 1. The molecule has 1 amide bonds. The molecule has 0 N–H and O–H groups in total. The molecule has 0 saturated carbocycles. The van der Waals surface area contributed by atoms with Gasteiger partial charge in [-0.25, -0.2) is 8.42 Å². The van der Waals surface area contributed by atoms with Crippen molar-refractivity contribution in [2.24, 2.45) is 0 Å². The van der Waals surface area contributed by atoms with Gasteiger partial charge in [0.05, 0.1) is 16.5 Å². The molecule has 0 bridgehead atoms. The van der Waals surface area contributed by atoms with Crippen LogP contribution in [0.1, 0.15) is 13.8 Å². The van der Waals surface area contributed by atoms with Crippen LogP contribution in [0.25, 0.3) is 0 Å². The maximum atomic E-state index is 12.3. The van der Waals surface area contributed by atoms with Crippen molar-refractivity contribution in [2.75, 3.05) is 24.3 Å². The number of benzene rings is 1. The van der Waals surface area contributed by atoms with Gasteiger partial charge < -0.3 is 4.90 Å². The van der Waals surface area contributed by atoms with E-state index >= 15 is 0 Å². The third-order valence-corrected chi connectivity index (χ3v) is 5.51. The Labute approximate surface area is 135 Å². The quantitative estimate of drug-likeness (QED) is 0.710. The molecular weight excluding hydrogens is 330 g/mol. The Bertz CT molecular complexity index is 590. The highest BCUT2D eigenvalue weighted by molar-refractivity contribution is 8.00. The molecule has 0 aliphatic rings. The Balaban J connectivity index is 2.66.